The minimum atomic E-state index is -3.63. The Labute approximate surface area is 221 Å². The van der Waals surface area contributed by atoms with Crippen molar-refractivity contribution in [2.75, 3.05) is 31.5 Å². The largest absolute Gasteiger partial charge is 0.335 e. The summed E-state index contributed by atoms with van der Waals surface area (Å²) in [6.45, 7) is 3.69. The number of anilines is 1. The van der Waals surface area contributed by atoms with E-state index >= 15 is 0 Å². The fraction of sp³-hybridized carbons (Fsp3) is 0.207. The molecule has 1 saturated heterocycles. The number of hydrogen-bond donors (Lipinski definition) is 1. The summed E-state index contributed by atoms with van der Waals surface area (Å²) in [5.74, 6) is -0.331. The van der Waals surface area contributed by atoms with Crippen LogP contribution in [0.15, 0.2) is 90.0 Å². The first-order valence-corrected chi connectivity index (χ1v) is 14.0. The molecule has 194 valence electrons. The van der Waals surface area contributed by atoms with Crippen molar-refractivity contribution in [1.29, 1.82) is 0 Å². The number of urea groups is 1. The molecule has 0 radical (unpaired) electrons. The quantitative estimate of drug-likeness (QED) is 0.411. The summed E-state index contributed by atoms with van der Waals surface area (Å²) in [5.41, 5.74) is 3.38. The lowest BCUT2D eigenvalue weighted by Gasteiger charge is -2.34. The Morgan fingerprint density at radius 3 is 2.21 bits per heavy atom. The minimum Gasteiger partial charge on any atom is -0.335 e. The second kappa shape index (κ2) is 10.6. The molecule has 0 unspecified atom stereocenters. The first-order chi connectivity index (χ1) is 18.3. The topological polar surface area (TPSA) is 99.7 Å². The Bertz CT molecular complexity index is 1570. The standard InChI is InChI=1S/C29H28N4O4S/c1-21-7-13-25(14-8-21)31-29(35)33-18-16-32(17-19-33)28(34)24-11-9-22(10-12-24)20-38(36,37)26-6-2-4-23-5-3-15-30-27(23)26/h2-15H,16-20H2,1H3,(H,31,35). The summed E-state index contributed by atoms with van der Waals surface area (Å²) >= 11 is 0. The van der Waals surface area contributed by atoms with Gasteiger partial charge >= 0.3 is 6.03 Å². The molecule has 0 saturated carbocycles. The molecule has 8 nitrogen and oxygen atoms in total. The number of hydrogen-bond acceptors (Lipinski definition) is 5. The maximum atomic E-state index is 13.1. The molecule has 38 heavy (non-hydrogen) atoms. The number of sulfone groups is 1. The number of piperazine rings is 1. The van der Waals surface area contributed by atoms with Crippen LogP contribution in [0.3, 0.4) is 0 Å². The van der Waals surface area contributed by atoms with Gasteiger partial charge in [-0.1, -0.05) is 48.0 Å². The zero-order chi connectivity index (χ0) is 26.7. The zero-order valence-corrected chi connectivity index (χ0v) is 21.8. The van der Waals surface area contributed by atoms with Gasteiger partial charge in [0.25, 0.3) is 5.91 Å². The van der Waals surface area contributed by atoms with Crippen LogP contribution in [0.25, 0.3) is 10.9 Å². The van der Waals surface area contributed by atoms with Gasteiger partial charge in [-0.05, 0) is 48.9 Å². The van der Waals surface area contributed by atoms with Gasteiger partial charge < -0.3 is 15.1 Å². The molecule has 0 bridgehead atoms. The van der Waals surface area contributed by atoms with Crippen molar-refractivity contribution in [3.63, 3.8) is 0 Å². The van der Waals surface area contributed by atoms with Crippen LogP contribution in [0.5, 0.6) is 0 Å². The van der Waals surface area contributed by atoms with Gasteiger partial charge in [-0.3, -0.25) is 9.78 Å². The van der Waals surface area contributed by atoms with E-state index < -0.39 is 9.84 Å². The van der Waals surface area contributed by atoms with Gasteiger partial charge in [0, 0.05) is 49.0 Å². The predicted molar refractivity (Wildman–Crippen MR) is 147 cm³/mol. The van der Waals surface area contributed by atoms with E-state index in [0.29, 0.717) is 42.8 Å². The molecule has 1 fully saturated rings. The number of pyridine rings is 1. The van der Waals surface area contributed by atoms with Gasteiger partial charge in [0.2, 0.25) is 0 Å². The van der Waals surface area contributed by atoms with E-state index in [0.717, 1.165) is 16.6 Å². The van der Waals surface area contributed by atoms with Crippen molar-refractivity contribution in [3.8, 4) is 0 Å². The van der Waals surface area contributed by atoms with Crippen LogP contribution in [0.1, 0.15) is 21.5 Å². The van der Waals surface area contributed by atoms with Gasteiger partial charge in [-0.2, -0.15) is 0 Å². The number of rotatable bonds is 5. The van der Waals surface area contributed by atoms with Gasteiger partial charge in [0.15, 0.2) is 9.84 Å². The highest BCUT2D eigenvalue weighted by atomic mass is 32.2. The fourth-order valence-electron chi connectivity index (χ4n) is 4.50. The molecule has 1 aliphatic rings. The Balaban J connectivity index is 1.19. The molecule has 3 amide bonds. The van der Waals surface area contributed by atoms with E-state index in [1.165, 1.54) is 0 Å². The Morgan fingerprint density at radius 2 is 1.50 bits per heavy atom. The van der Waals surface area contributed by atoms with E-state index in [1.54, 1.807) is 58.5 Å². The number of carbonyl (C=O) groups excluding carboxylic acids is 2. The lowest BCUT2D eigenvalue weighted by molar-refractivity contribution is 0.0671. The van der Waals surface area contributed by atoms with Crippen molar-refractivity contribution < 1.29 is 18.0 Å². The van der Waals surface area contributed by atoms with Crippen LogP contribution in [-0.2, 0) is 15.6 Å². The maximum Gasteiger partial charge on any atom is 0.321 e. The van der Waals surface area contributed by atoms with Crippen molar-refractivity contribution in [3.05, 3.63) is 102 Å². The summed E-state index contributed by atoms with van der Waals surface area (Å²) in [7, 11) is -3.63. The highest BCUT2D eigenvalue weighted by Crippen LogP contribution is 2.24. The molecular weight excluding hydrogens is 500 g/mol. The highest BCUT2D eigenvalue weighted by molar-refractivity contribution is 7.90. The number of benzene rings is 3. The first-order valence-electron chi connectivity index (χ1n) is 12.4. The third-order valence-corrected chi connectivity index (χ3v) is 8.36. The molecule has 9 heteroatoms. The van der Waals surface area contributed by atoms with Crippen LogP contribution in [0, 0.1) is 6.92 Å². The van der Waals surface area contributed by atoms with E-state index in [2.05, 4.69) is 10.3 Å². The van der Waals surface area contributed by atoms with Crippen LogP contribution in [0.4, 0.5) is 10.5 Å². The molecule has 0 atom stereocenters. The summed E-state index contributed by atoms with van der Waals surface area (Å²) in [4.78, 5) is 33.5. The van der Waals surface area contributed by atoms with Crippen molar-refractivity contribution in [2.24, 2.45) is 0 Å². The number of nitrogens with zero attached hydrogens (tertiary/aromatic N) is 3. The summed E-state index contributed by atoms with van der Waals surface area (Å²) in [5, 5.41) is 3.66. The lowest BCUT2D eigenvalue weighted by atomic mass is 10.1. The lowest BCUT2D eigenvalue weighted by Crippen LogP contribution is -2.51. The minimum absolute atomic E-state index is 0.142. The van der Waals surface area contributed by atoms with E-state index in [-0.39, 0.29) is 22.6 Å². The van der Waals surface area contributed by atoms with Crippen LogP contribution < -0.4 is 5.32 Å². The number of aryl methyl sites for hydroxylation is 1. The van der Waals surface area contributed by atoms with E-state index in [9.17, 15) is 18.0 Å². The maximum absolute atomic E-state index is 13.1. The number of fused-ring (bicyclic) bond motifs is 1. The number of nitrogens with one attached hydrogen (secondary N) is 1. The summed E-state index contributed by atoms with van der Waals surface area (Å²) in [6.07, 6.45) is 1.58. The SMILES string of the molecule is Cc1ccc(NC(=O)N2CCN(C(=O)c3ccc(CS(=O)(=O)c4cccc5cccnc45)cc3)CC2)cc1. The van der Waals surface area contributed by atoms with Crippen molar-refractivity contribution in [2.45, 2.75) is 17.6 Å². The number of aromatic nitrogens is 1. The second-order valence-corrected chi connectivity index (χ2v) is 11.3. The molecule has 1 N–H and O–H groups in total. The van der Waals surface area contributed by atoms with Gasteiger partial charge in [0.05, 0.1) is 16.2 Å². The van der Waals surface area contributed by atoms with E-state index in [4.69, 9.17) is 0 Å². The fourth-order valence-corrected chi connectivity index (χ4v) is 6.04. The second-order valence-electron chi connectivity index (χ2n) is 9.36. The van der Waals surface area contributed by atoms with Crippen LogP contribution in [-0.4, -0.2) is 61.3 Å². The van der Waals surface area contributed by atoms with Crippen molar-refractivity contribution in [1.82, 2.24) is 14.8 Å². The zero-order valence-electron chi connectivity index (χ0n) is 21.0. The third kappa shape index (κ3) is 5.52. The van der Waals surface area contributed by atoms with Gasteiger partial charge in [-0.25, -0.2) is 13.2 Å². The summed E-state index contributed by atoms with van der Waals surface area (Å²) in [6, 6.07) is 22.8. The molecule has 4 aromatic rings. The smallest absolute Gasteiger partial charge is 0.321 e. The Hall–Kier alpha value is -4.24. The van der Waals surface area contributed by atoms with Gasteiger partial charge in [0.1, 0.15) is 0 Å². The third-order valence-electron chi connectivity index (χ3n) is 6.65. The van der Waals surface area contributed by atoms with E-state index in [1.807, 2.05) is 43.3 Å². The molecule has 1 aromatic heterocycles. The molecule has 0 spiro atoms. The van der Waals surface area contributed by atoms with Crippen LogP contribution >= 0.6 is 0 Å². The molecule has 5 rings (SSSR count). The normalized spacial score (nSPS) is 13.9. The van der Waals surface area contributed by atoms with Gasteiger partial charge in [-0.15, -0.1) is 0 Å². The molecule has 2 heterocycles. The Kier molecular flexibility index (Phi) is 7.11. The number of amides is 3. The van der Waals surface area contributed by atoms with Crippen LogP contribution in [0.2, 0.25) is 0 Å². The average Bonchev–Trinajstić information content (AvgIpc) is 2.94. The average molecular weight is 529 g/mol. The number of carbonyl (C=O) groups is 2. The predicted octanol–water partition coefficient (Wildman–Crippen LogP) is 4.51. The molecule has 0 aliphatic carbocycles. The van der Waals surface area contributed by atoms with Crippen molar-refractivity contribution >= 4 is 38.4 Å². The molecule has 3 aromatic carbocycles. The highest BCUT2D eigenvalue weighted by Gasteiger charge is 2.25. The number of para-hydroxylation sites is 1. The monoisotopic (exact) mass is 528 g/mol. The molecular formula is C29H28N4O4S. The molecule has 1 aliphatic heterocycles. The summed E-state index contributed by atoms with van der Waals surface area (Å²) < 4.78 is 26.3. The Morgan fingerprint density at radius 1 is 0.842 bits per heavy atom. The first kappa shape index (κ1) is 25.4.